The molecule has 4 nitrogen and oxygen atoms in total. The van der Waals surface area contributed by atoms with Crippen LogP contribution in [-0.4, -0.2) is 40.4 Å². The number of hydrogen-bond acceptors (Lipinski definition) is 3. The van der Waals surface area contributed by atoms with Crippen molar-refractivity contribution in [3.05, 3.63) is 17.0 Å². The van der Waals surface area contributed by atoms with E-state index in [2.05, 4.69) is 54.6 Å². The number of hydrogen-bond donors (Lipinski definition) is 1. The molecule has 0 aliphatic carbocycles. The molecule has 1 fully saturated rings. The summed E-state index contributed by atoms with van der Waals surface area (Å²) >= 11 is 0. The highest BCUT2D eigenvalue weighted by Gasteiger charge is 2.23. The lowest BCUT2D eigenvalue weighted by atomic mass is 10.0. The molecule has 20 heavy (non-hydrogen) atoms. The lowest BCUT2D eigenvalue weighted by Gasteiger charge is -2.34. The molecule has 4 heteroatoms. The summed E-state index contributed by atoms with van der Waals surface area (Å²) in [6.07, 6.45) is 2.60. The Morgan fingerprint density at radius 3 is 2.65 bits per heavy atom. The maximum absolute atomic E-state index is 4.64. The Morgan fingerprint density at radius 2 is 2.05 bits per heavy atom. The number of likely N-dealkylation sites (tertiary alicyclic amines) is 1. The molecule has 1 aliphatic heterocycles. The van der Waals surface area contributed by atoms with Crippen molar-refractivity contribution < 1.29 is 0 Å². The van der Waals surface area contributed by atoms with Crippen molar-refractivity contribution in [1.82, 2.24) is 20.0 Å². The van der Waals surface area contributed by atoms with Gasteiger partial charge in [0, 0.05) is 36.4 Å². The van der Waals surface area contributed by atoms with Gasteiger partial charge in [0.15, 0.2) is 0 Å². The number of aryl methyl sites for hydroxylation is 2. The third-order valence-corrected chi connectivity index (χ3v) is 4.61. The number of nitrogens with one attached hydrogen (secondary N) is 1. The molecular weight excluding hydrogens is 248 g/mol. The van der Waals surface area contributed by atoms with Gasteiger partial charge in [-0.25, -0.2) is 0 Å². The van der Waals surface area contributed by atoms with Crippen LogP contribution in [-0.2, 0) is 6.54 Å². The van der Waals surface area contributed by atoms with E-state index in [0.717, 1.165) is 6.54 Å². The Labute approximate surface area is 123 Å². The molecule has 0 saturated carbocycles. The standard InChI is InChI=1S/C16H30N4/c1-6-19-10-8-9-15(11-19)17-12(3)16-13(4)18-20(7-2)14(16)5/h12,15,17H,6-11H2,1-5H3. The predicted molar refractivity (Wildman–Crippen MR) is 84.1 cm³/mol. The summed E-state index contributed by atoms with van der Waals surface area (Å²) in [6, 6.07) is 1.000. The van der Waals surface area contributed by atoms with Gasteiger partial charge in [-0.1, -0.05) is 6.92 Å². The summed E-state index contributed by atoms with van der Waals surface area (Å²) in [4.78, 5) is 2.54. The monoisotopic (exact) mass is 278 g/mol. The van der Waals surface area contributed by atoms with E-state index >= 15 is 0 Å². The minimum atomic E-state index is 0.386. The summed E-state index contributed by atoms with van der Waals surface area (Å²) in [5, 5.41) is 8.46. The molecule has 2 unspecified atom stereocenters. The molecular formula is C16H30N4. The number of rotatable bonds is 5. The van der Waals surface area contributed by atoms with E-state index in [1.807, 2.05) is 0 Å². The largest absolute Gasteiger partial charge is 0.306 e. The highest BCUT2D eigenvalue weighted by Crippen LogP contribution is 2.23. The lowest BCUT2D eigenvalue weighted by Crippen LogP contribution is -2.46. The van der Waals surface area contributed by atoms with Crippen LogP contribution in [0.2, 0.25) is 0 Å². The quantitative estimate of drug-likeness (QED) is 0.899. The van der Waals surface area contributed by atoms with Crippen LogP contribution in [0.3, 0.4) is 0 Å². The summed E-state index contributed by atoms with van der Waals surface area (Å²) < 4.78 is 2.11. The molecule has 1 aromatic rings. The van der Waals surface area contributed by atoms with Crippen LogP contribution in [0.4, 0.5) is 0 Å². The van der Waals surface area contributed by atoms with Crippen molar-refractivity contribution in [2.24, 2.45) is 0 Å². The number of nitrogens with zero attached hydrogens (tertiary/aromatic N) is 3. The van der Waals surface area contributed by atoms with E-state index in [0.29, 0.717) is 12.1 Å². The third kappa shape index (κ3) is 3.23. The Kier molecular flexibility index (Phi) is 5.22. The van der Waals surface area contributed by atoms with Crippen LogP contribution in [0.5, 0.6) is 0 Å². The van der Waals surface area contributed by atoms with E-state index in [1.165, 1.54) is 49.4 Å². The lowest BCUT2D eigenvalue weighted by molar-refractivity contribution is 0.192. The molecule has 1 aromatic heterocycles. The zero-order chi connectivity index (χ0) is 14.7. The maximum atomic E-state index is 4.64. The Balaban J connectivity index is 2.04. The second-order valence-corrected chi connectivity index (χ2v) is 6.02. The van der Waals surface area contributed by atoms with Gasteiger partial charge in [0.2, 0.25) is 0 Å². The van der Waals surface area contributed by atoms with Crippen molar-refractivity contribution in [2.75, 3.05) is 19.6 Å². The highest BCUT2D eigenvalue weighted by molar-refractivity contribution is 5.28. The van der Waals surface area contributed by atoms with Crippen LogP contribution in [0.1, 0.15) is 56.6 Å². The number of aromatic nitrogens is 2. The van der Waals surface area contributed by atoms with E-state index in [1.54, 1.807) is 0 Å². The smallest absolute Gasteiger partial charge is 0.0644 e. The number of piperidine rings is 1. The van der Waals surface area contributed by atoms with E-state index in [9.17, 15) is 0 Å². The topological polar surface area (TPSA) is 33.1 Å². The average Bonchev–Trinajstić information content (AvgIpc) is 2.73. The fourth-order valence-corrected chi connectivity index (χ4v) is 3.56. The van der Waals surface area contributed by atoms with Crippen LogP contribution >= 0.6 is 0 Å². The summed E-state index contributed by atoms with van der Waals surface area (Å²) in [7, 11) is 0. The molecule has 114 valence electrons. The normalized spacial score (nSPS) is 22.1. The fraction of sp³-hybridized carbons (Fsp3) is 0.812. The van der Waals surface area contributed by atoms with Crippen LogP contribution in [0, 0.1) is 13.8 Å². The minimum absolute atomic E-state index is 0.386. The SMILES string of the molecule is CCN1CCCC(NC(C)c2c(C)nn(CC)c2C)C1. The van der Waals surface area contributed by atoms with Crippen molar-refractivity contribution >= 4 is 0 Å². The molecule has 0 bridgehead atoms. The van der Waals surface area contributed by atoms with Gasteiger partial charge in [-0.15, -0.1) is 0 Å². The Bertz CT molecular complexity index is 438. The first-order valence-electron chi connectivity index (χ1n) is 8.09. The minimum Gasteiger partial charge on any atom is -0.306 e. The molecule has 2 heterocycles. The van der Waals surface area contributed by atoms with Crippen LogP contribution in [0.15, 0.2) is 0 Å². The summed E-state index contributed by atoms with van der Waals surface area (Å²) in [6.45, 7) is 15.6. The molecule has 0 radical (unpaired) electrons. The Hall–Kier alpha value is -0.870. The molecule has 1 saturated heterocycles. The van der Waals surface area contributed by atoms with Gasteiger partial charge in [0.1, 0.15) is 0 Å². The Morgan fingerprint density at radius 1 is 1.30 bits per heavy atom. The highest BCUT2D eigenvalue weighted by atomic mass is 15.3. The zero-order valence-corrected chi connectivity index (χ0v) is 13.7. The molecule has 1 aliphatic rings. The first-order valence-corrected chi connectivity index (χ1v) is 8.09. The van der Waals surface area contributed by atoms with Crippen LogP contribution < -0.4 is 5.32 Å². The van der Waals surface area contributed by atoms with Crippen LogP contribution in [0.25, 0.3) is 0 Å². The summed E-state index contributed by atoms with van der Waals surface area (Å²) in [5.74, 6) is 0. The van der Waals surface area contributed by atoms with Crippen molar-refractivity contribution in [1.29, 1.82) is 0 Å². The molecule has 1 N–H and O–H groups in total. The molecule has 0 amide bonds. The van der Waals surface area contributed by atoms with E-state index in [4.69, 9.17) is 0 Å². The predicted octanol–water partition coefficient (Wildman–Crippen LogP) is 2.65. The molecule has 2 rings (SSSR count). The second kappa shape index (κ2) is 6.72. The third-order valence-electron chi connectivity index (χ3n) is 4.61. The molecule has 2 atom stereocenters. The molecule has 0 aromatic carbocycles. The van der Waals surface area contributed by atoms with Crippen molar-refractivity contribution in [2.45, 2.75) is 66.1 Å². The van der Waals surface area contributed by atoms with E-state index in [-0.39, 0.29) is 0 Å². The fourth-order valence-electron chi connectivity index (χ4n) is 3.56. The molecule has 0 spiro atoms. The van der Waals surface area contributed by atoms with Gasteiger partial charge < -0.3 is 10.2 Å². The van der Waals surface area contributed by atoms with Gasteiger partial charge >= 0.3 is 0 Å². The van der Waals surface area contributed by atoms with Crippen molar-refractivity contribution in [3.8, 4) is 0 Å². The second-order valence-electron chi connectivity index (χ2n) is 6.02. The first-order chi connectivity index (χ1) is 9.56. The average molecular weight is 278 g/mol. The zero-order valence-electron chi connectivity index (χ0n) is 13.7. The van der Waals surface area contributed by atoms with Gasteiger partial charge in [0.05, 0.1) is 5.69 Å². The maximum Gasteiger partial charge on any atom is 0.0644 e. The first kappa shape index (κ1) is 15.5. The van der Waals surface area contributed by atoms with Gasteiger partial charge in [-0.3, -0.25) is 4.68 Å². The van der Waals surface area contributed by atoms with Gasteiger partial charge in [-0.05, 0) is 53.6 Å². The van der Waals surface area contributed by atoms with Crippen molar-refractivity contribution in [3.63, 3.8) is 0 Å². The van der Waals surface area contributed by atoms with Gasteiger partial charge in [-0.2, -0.15) is 5.10 Å². The summed E-state index contributed by atoms with van der Waals surface area (Å²) in [5.41, 5.74) is 3.88. The van der Waals surface area contributed by atoms with E-state index < -0.39 is 0 Å². The number of likely N-dealkylation sites (N-methyl/N-ethyl adjacent to an activating group) is 1. The van der Waals surface area contributed by atoms with Gasteiger partial charge in [0.25, 0.3) is 0 Å².